The molecule has 0 spiro atoms. The lowest BCUT2D eigenvalue weighted by molar-refractivity contribution is 0.380. The van der Waals surface area contributed by atoms with Gasteiger partial charge in [-0.25, -0.2) is 12.7 Å². The molecule has 0 aliphatic heterocycles. The van der Waals surface area contributed by atoms with E-state index in [1.165, 1.54) is 17.1 Å². The third kappa shape index (κ3) is 3.90. The predicted octanol–water partition coefficient (Wildman–Crippen LogP) is 3.15. The SMILES string of the molecule is CN(C)S(=O)(=O)c1ccccc1NCC1CCCCC1Cl. The molecule has 1 N–H and O–H groups in total. The highest BCUT2D eigenvalue weighted by atomic mass is 35.5. The van der Waals surface area contributed by atoms with Crippen molar-refractivity contribution >= 4 is 27.3 Å². The predicted molar refractivity (Wildman–Crippen MR) is 87.4 cm³/mol. The average Bonchev–Trinajstić information content (AvgIpc) is 2.46. The summed E-state index contributed by atoms with van der Waals surface area (Å²) in [6, 6.07) is 7.03. The van der Waals surface area contributed by atoms with Gasteiger partial charge in [0.2, 0.25) is 10.0 Å². The fourth-order valence-corrected chi connectivity index (χ4v) is 4.10. The molecule has 1 aliphatic rings. The first-order valence-electron chi connectivity index (χ1n) is 7.32. The molecule has 6 heteroatoms. The van der Waals surface area contributed by atoms with Gasteiger partial charge in [-0.15, -0.1) is 11.6 Å². The van der Waals surface area contributed by atoms with Gasteiger partial charge in [0.15, 0.2) is 0 Å². The van der Waals surface area contributed by atoms with E-state index in [0.717, 1.165) is 12.8 Å². The number of hydrogen-bond acceptors (Lipinski definition) is 3. The van der Waals surface area contributed by atoms with Crippen LogP contribution in [0.3, 0.4) is 0 Å². The lowest BCUT2D eigenvalue weighted by Gasteiger charge is -2.28. The first-order chi connectivity index (χ1) is 9.93. The number of hydrogen-bond donors (Lipinski definition) is 1. The summed E-state index contributed by atoms with van der Waals surface area (Å²) in [5.41, 5.74) is 0.653. The maximum Gasteiger partial charge on any atom is 0.244 e. The molecule has 2 unspecified atom stereocenters. The standard InChI is InChI=1S/C15H23ClN2O2S/c1-18(2)21(19,20)15-10-6-5-9-14(15)17-11-12-7-3-4-8-13(12)16/h5-6,9-10,12-13,17H,3-4,7-8,11H2,1-2H3. The maximum atomic E-state index is 12.3. The van der Waals surface area contributed by atoms with E-state index in [2.05, 4.69) is 5.32 Å². The summed E-state index contributed by atoms with van der Waals surface area (Å²) < 4.78 is 25.9. The Kier molecular flexibility index (Phi) is 5.52. The van der Waals surface area contributed by atoms with Crippen molar-refractivity contribution in [2.45, 2.75) is 36.0 Å². The topological polar surface area (TPSA) is 49.4 Å². The van der Waals surface area contributed by atoms with E-state index in [1.807, 2.05) is 12.1 Å². The summed E-state index contributed by atoms with van der Waals surface area (Å²) in [6.45, 7) is 0.716. The van der Waals surface area contributed by atoms with Crippen LogP contribution < -0.4 is 5.32 Å². The Morgan fingerprint density at radius 1 is 1.24 bits per heavy atom. The van der Waals surface area contributed by atoms with E-state index in [-0.39, 0.29) is 5.38 Å². The van der Waals surface area contributed by atoms with E-state index in [0.29, 0.717) is 23.0 Å². The van der Waals surface area contributed by atoms with Gasteiger partial charge in [-0.05, 0) is 30.9 Å². The Hall–Kier alpha value is -0.780. The highest BCUT2D eigenvalue weighted by Gasteiger charge is 2.25. The van der Waals surface area contributed by atoms with Crippen molar-refractivity contribution < 1.29 is 8.42 Å². The minimum absolute atomic E-state index is 0.184. The molecular weight excluding hydrogens is 308 g/mol. The van der Waals surface area contributed by atoms with Gasteiger partial charge in [-0.2, -0.15) is 0 Å². The zero-order chi connectivity index (χ0) is 15.5. The molecule has 1 aliphatic carbocycles. The maximum absolute atomic E-state index is 12.3. The molecule has 4 nitrogen and oxygen atoms in total. The van der Waals surface area contributed by atoms with Crippen LogP contribution in [0, 0.1) is 5.92 Å². The molecule has 2 atom stereocenters. The van der Waals surface area contributed by atoms with Crippen LogP contribution in [0.4, 0.5) is 5.69 Å². The summed E-state index contributed by atoms with van der Waals surface area (Å²) >= 11 is 6.36. The van der Waals surface area contributed by atoms with Gasteiger partial charge < -0.3 is 5.32 Å². The molecule has 1 aromatic rings. The van der Waals surface area contributed by atoms with E-state index < -0.39 is 10.0 Å². The fraction of sp³-hybridized carbons (Fsp3) is 0.600. The van der Waals surface area contributed by atoms with Gasteiger partial charge in [0, 0.05) is 26.0 Å². The monoisotopic (exact) mass is 330 g/mol. The zero-order valence-electron chi connectivity index (χ0n) is 12.5. The first-order valence-corrected chi connectivity index (χ1v) is 9.20. The highest BCUT2D eigenvalue weighted by Crippen LogP contribution is 2.30. The second-order valence-electron chi connectivity index (χ2n) is 5.73. The Morgan fingerprint density at radius 2 is 1.90 bits per heavy atom. The molecule has 21 heavy (non-hydrogen) atoms. The van der Waals surface area contributed by atoms with Crippen molar-refractivity contribution in [3.8, 4) is 0 Å². The van der Waals surface area contributed by atoms with Crippen LogP contribution >= 0.6 is 11.6 Å². The lowest BCUT2D eigenvalue weighted by Crippen LogP contribution is -2.28. The summed E-state index contributed by atoms with van der Waals surface area (Å²) in [5, 5.41) is 3.47. The normalized spacial score (nSPS) is 23.2. The van der Waals surface area contributed by atoms with Crippen molar-refractivity contribution in [2.24, 2.45) is 5.92 Å². The lowest BCUT2D eigenvalue weighted by atomic mass is 9.88. The number of alkyl halides is 1. The molecular formula is C15H23ClN2O2S. The van der Waals surface area contributed by atoms with Gasteiger partial charge >= 0.3 is 0 Å². The van der Waals surface area contributed by atoms with Gasteiger partial charge in [0.25, 0.3) is 0 Å². The summed E-state index contributed by atoms with van der Waals surface area (Å²) in [6.07, 6.45) is 4.54. The molecule has 1 fully saturated rings. The number of para-hydroxylation sites is 1. The van der Waals surface area contributed by atoms with E-state index in [1.54, 1.807) is 26.2 Å². The Balaban J connectivity index is 2.14. The molecule has 2 rings (SSSR count). The van der Waals surface area contributed by atoms with E-state index in [4.69, 9.17) is 11.6 Å². The van der Waals surface area contributed by atoms with Crippen LogP contribution in [0.1, 0.15) is 25.7 Å². The van der Waals surface area contributed by atoms with Crippen LogP contribution in [0.5, 0.6) is 0 Å². The molecule has 0 amide bonds. The van der Waals surface area contributed by atoms with Crippen molar-refractivity contribution in [3.05, 3.63) is 24.3 Å². The van der Waals surface area contributed by atoms with Gasteiger partial charge in [0.05, 0.1) is 5.69 Å². The number of benzene rings is 1. The number of sulfonamides is 1. The molecule has 0 saturated heterocycles. The fourth-order valence-electron chi connectivity index (χ4n) is 2.67. The van der Waals surface area contributed by atoms with E-state index in [9.17, 15) is 8.42 Å². The van der Waals surface area contributed by atoms with Gasteiger partial charge in [-0.1, -0.05) is 25.0 Å². The average molecular weight is 331 g/mol. The van der Waals surface area contributed by atoms with Crippen LogP contribution in [0.15, 0.2) is 29.2 Å². The van der Waals surface area contributed by atoms with Crippen molar-refractivity contribution in [2.75, 3.05) is 26.0 Å². The number of anilines is 1. The van der Waals surface area contributed by atoms with Crippen LogP contribution in [0.2, 0.25) is 0 Å². The molecule has 1 saturated carbocycles. The summed E-state index contributed by atoms with van der Waals surface area (Å²) in [7, 11) is -0.349. The third-order valence-electron chi connectivity index (χ3n) is 4.02. The zero-order valence-corrected chi connectivity index (χ0v) is 14.1. The van der Waals surface area contributed by atoms with Crippen LogP contribution in [-0.2, 0) is 10.0 Å². The van der Waals surface area contributed by atoms with E-state index >= 15 is 0 Å². The number of halogens is 1. The molecule has 0 heterocycles. The second kappa shape index (κ2) is 6.99. The smallest absolute Gasteiger partial charge is 0.244 e. The van der Waals surface area contributed by atoms with Crippen molar-refractivity contribution in [3.63, 3.8) is 0 Å². The highest BCUT2D eigenvalue weighted by molar-refractivity contribution is 7.89. The Bertz CT molecular complexity index is 575. The van der Waals surface area contributed by atoms with Crippen molar-refractivity contribution in [1.29, 1.82) is 0 Å². The Morgan fingerprint density at radius 3 is 2.57 bits per heavy atom. The largest absolute Gasteiger partial charge is 0.384 e. The molecule has 0 radical (unpaired) electrons. The Labute approximate surface area is 132 Å². The summed E-state index contributed by atoms with van der Waals surface area (Å²) in [4.78, 5) is 0.317. The molecule has 0 bridgehead atoms. The van der Waals surface area contributed by atoms with Crippen LogP contribution in [-0.4, -0.2) is 38.7 Å². The quantitative estimate of drug-likeness (QED) is 0.844. The van der Waals surface area contributed by atoms with Gasteiger partial charge in [0.1, 0.15) is 4.90 Å². The molecule has 118 valence electrons. The van der Waals surface area contributed by atoms with Crippen molar-refractivity contribution in [1.82, 2.24) is 4.31 Å². The minimum atomic E-state index is -3.44. The first kappa shape index (κ1) is 16.6. The third-order valence-corrected chi connectivity index (χ3v) is 6.46. The number of nitrogens with one attached hydrogen (secondary N) is 1. The minimum Gasteiger partial charge on any atom is -0.384 e. The molecule has 1 aromatic carbocycles. The summed E-state index contributed by atoms with van der Waals surface area (Å²) in [5.74, 6) is 0.399. The second-order valence-corrected chi connectivity index (χ2v) is 8.41. The van der Waals surface area contributed by atoms with Crippen LogP contribution in [0.25, 0.3) is 0 Å². The number of rotatable bonds is 5. The van der Waals surface area contributed by atoms with Gasteiger partial charge in [-0.3, -0.25) is 0 Å². The number of nitrogens with zero attached hydrogens (tertiary/aromatic N) is 1. The molecule has 0 aromatic heterocycles.